The zero-order valence-electron chi connectivity index (χ0n) is 14.9. The summed E-state index contributed by atoms with van der Waals surface area (Å²) in [6.07, 6.45) is -4.80. The van der Waals surface area contributed by atoms with Crippen molar-refractivity contribution in [2.75, 3.05) is 26.2 Å². The van der Waals surface area contributed by atoms with Gasteiger partial charge in [-0.3, -0.25) is 4.79 Å². The highest BCUT2D eigenvalue weighted by molar-refractivity contribution is 9.10. The van der Waals surface area contributed by atoms with Gasteiger partial charge in [-0.15, -0.1) is 13.2 Å². The van der Waals surface area contributed by atoms with Crippen molar-refractivity contribution >= 4 is 31.9 Å². The fraction of sp³-hybridized carbons (Fsp3) is 0.278. The zero-order valence-corrected chi connectivity index (χ0v) is 17.3. The van der Waals surface area contributed by atoms with Gasteiger partial charge < -0.3 is 9.64 Å². The van der Waals surface area contributed by atoms with Crippen molar-refractivity contribution in [2.45, 2.75) is 11.3 Å². The number of rotatable bonds is 4. The Labute approximate surface area is 174 Å². The average Bonchev–Trinajstić information content (AvgIpc) is 2.67. The highest BCUT2D eigenvalue weighted by Crippen LogP contribution is 2.24. The molecule has 1 saturated heterocycles. The second-order valence-electron chi connectivity index (χ2n) is 6.23. The Bertz CT molecular complexity index is 989. The topological polar surface area (TPSA) is 66.9 Å². The van der Waals surface area contributed by atoms with Crippen molar-refractivity contribution in [1.82, 2.24) is 9.21 Å². The van der Waals surface area contributed by atoms with Crippen molar-refractivity contribution in [3.05, 3.63) is 58.6 Å². The number of hydrogen-bond acceptors (Lipinski definition) is 4. The SMILES string of the molecule is O=C(c1ccc(OC(F)(F)F)cc1)N1CCN(S(=O)(=O)c2cccc(Br)c2)CC1. The van der Waals surface area contributed by atoms with Gasteiger partial charge in [-0.05, 0) is 42.5 Å². The number of alkyl halides is 3. The fourth-order valence-electron chi connectivity index (χ4n) is 2.89. The van der Waals surface area contributed by atoms with Gasteiger partial charge in [0.15, 0.2) is 0 Å². The predicted octanol–water partition coefficient (Wildman–Crippen LogP) is 3.49. The van der Waals surface area contributed by atoms with E-state index in [1.54, 1.807) is 12.1 Å². The number of sulfonamides is 1. The van der Waals surface area contributed by atoms with Crippen LogP contribution >= 0.6 is 15.9 Å². The van der Waals surface area contributed by atoms with E-state index in [0.29, 0.717) is 4.47 Å². The summed E-state index contributed by atoms with van der Waals surface area (Å²) in [6.45, 7) is 0.589. The van der Waals surface area contributed by atoms with E-state index < -0.39 is 22.1 Å². The summed E-state index contributed by atoms with van der Waals surface area (Å²) in [7, 11) is -3.68. The third-order valence-electron chi connectivity index (χ3n) is 4.29. The number of carbonyl (C=O) groups is 1. The van der Waals surface area contributed by atoms with Crippen LogP contribution in [-0.2, 0) is 10.0 Å². The molecule has 0 N–H and O–H groups in total. The van der Waals surface area contributed by atoms with Crippen LogP contribution in [-0.4, -0.2) is 56.1 Å². The number of nitrogens with zero attached hydrogens (tertiary/aromatic N) is 2. The van der Waals surface area contributed by atoms with Crippen LogP contribution in [0.1, 0.15) is 10.4 Å². The van der Waals surface area contributed by atoms with Gasteiger partial charge in [0.1, 0.15) is 5.75 Å². The second kappa shape index (κ2) is 8.33. The van der Waals surface area contributed by atoms with Crippen molar-refractivity contribution in [2.24, 2.45) is 0 Å². The molecule has 2 aromatic carbocycles. The summed E-state index contributed by atoms with van der Waals surface area (Å²) in [6, 6.07) is 11.0. The smallest absolute Gasteiger partial charge is 0.406 e. The number of benzene rings is 2. The molecule has 1 aliphatic rings. The molecule has 0 unspecified atom stereocenters. The predicted molar refractivity (Wildman–Crippen MR) is 102 cm³/mol. The van der Waals surface area contributed by atoms with Crippen molar-refractivity contribution in [3.8, 4) is 5.75 Å². The van der Waals surface area contributed by atoms with Gasteiger partial charge in [0.25, 0.3) is 5.91 Å². The molecule has 1 aliphatic heterocycles. The summed E-state index contributed by atoms with van der Waals surface area (Å²) >= 11 is 3.25. The van der Waals surface area contributed by atoms with E-state index in [1.165, 1.54) is 33.5 Å². The number of halogens is 4. The van der Waals surface area contributed by atoms with Crippen LogP contribution in [0.15, 0.2) is 57.9 Å². The molecule has 29 heavy (non-hydrogen) atoms. The second-order valence-corrected chi connectivity index (χ2v) is 9.08. The molecular formula is C18H16BrF3N2O4S. The molecule has 0 aliphatic carbocycles. The largest absolute Gasteiger partial charge is 0.573 e. The van der Waals surface area contributed by atoms with Crippen LogP contribution in [0, 0.1) is 0 Å². The lowest BCUT2D eigenvalue weighted by atomic mass is 10.2. The Balaban J connectivity index is 1.64. The quantitative estimate of drug-likeness (QED) is 0.655. The van der Waals surface area contributed by atoms with E-state index in [-0.39, 0.29) is 42.5 Å². The van der Waals surface area contributed by atoms with Crippen molar-refractivity contribution in [1.29, 1.82) is 0 Å². The van der Waals surface area contributed by atoms with Gasteiger partial charge >= 0.3 is 6.36 Å². The highest BCUT2D eigenvalue weighted by atomic mass is 79.9. The first kappa shape index (κ1) is 21.6. The van der Waals surface area contributed by atoms with Gasteiger partial charge in [-0.1, -0.05) is 22.0 Å². The lowest BCUT2D eigenvalue weighted by molar-refractivity contribution is -0.274. The maximum atomic E-state index is 12.7. The molecule has 11 heteroatoms. The number of ether oxygens (including phenoxy) is 1. The third-order valence-corrected chi connectivity index (χ3v) is 6.68. The minimum absolute atomic E-state index is 0.121. The molecule has 6 nitrogen and oxygen atoms in total. The molecular weight excluding hydrogens is 477 g/mol. The molecule has 3 rings (SSSR count). The lowest BCUT2D eigenvalue weighted by Gasteiger charge is -2.34. The fourth-order valence-corrected chi connectivity index (χ4v) is 4.91. The van der Waals surface area contributed by atoms with E-state index >= 15 is 0 Å². The standard InChI is InChI=1S/C18H16BrF3N2O4S/c19-14-2-1-3-16(12-14)29(26,27)24-10-8-23(9-11-24)17(25)13-4-6-15(7-5-13)28-18(20,21)22/h1-7,12H,8-11H2. The Morgan fingerprint density at radius 3 is 2.17 bits per heavy atom. The monoisotopic (exact) mass is 492 g/mol. The zero-order chi connectivity index (χ0) is 21.2. The summed E-state index contributed by atoms with van der Waals surface area (Å²) in [4.78, 5) is 14.2. The maximum absolute atomic E-state index is 12.7. The first-order chi connectivity index (χ1) is 13.6. The van der Waals surface area contributed by atoms with Crippen LogP contribution in [0.3, 0.4) is 0 Å². The van der Waals surface area contributed by atoms with E-state index in [1.807, 2.05) is 0 Å². The summed E-state index contributed by atoms with van der Waals surface area (Å²) in [5.74, 6) is -0.804. The first-order valence-electron chi connectivity index (χ1n) is 8.47. The molecule has 0 spiro atoms. The molecule has 0 radical (unpaired) electrons. The molecule has 1 amide bonds. The maximum Gasteiger partial charge on any atom is 0.573 e. The lowest BCUT2D eigenvalue weighted by Crippen LogP contribution is -2.50. The normalized spacial score (nSPS) is 15.9. The van der Waals surface area contributed by atoms with E-state index in [4.69, 9.17) is 0 Å². The van der Waals surface area contributed by atoms with E-state index in [9.17, 15) is 26.4 Å². The Kier molecular flexibility index (Phi) is 6.20. The van der Waals surface area contributed by atoms with Gasteiger partial charge in [0.2, 0.25) is 10.0 Å². The Morgan fingerprint density at radius 1 is 1.00 bits per heavy atom. The molecule has 0 bridgehead atoms. The number of piperazine rings is 1. The van der Waals surface area contributed by atoms with Crippen LogP contribution in [0.4, 0.5) is 13.2 Å². The third kappa shape index (κ3) is 5.28. The van der Waals surface area contributed by atoms with Gasteiger partial charge in [0, 0.05) is 36.2 Å². The van der Waals surface area contributed by atoms with Crippen LogP contribution in [0.5, 0.6) is 5.75 Å². The summed E-state index contributed by atoms with van der Waals surface area (Å²) in [5.41, 5.74) is 0.197. The molecule has 1 heterocycles. The average molecular weight is 493 g/mol. The van der Waals surface area contributed by atoms with E-state index in [2.05, 4.69) is 20.7 Å². The number of carbonyl (C=O) groups excluding carboxylic acids is 1. The van der Waals surface area contributed by atoms with Crippen LogP contribution < -0.4 is 4.74 Å². The van der Waals surface area contributed by atoms with E-state index in [0.717, 1.165) is 12.1 Å². The van der Waals surface area contributed by atoms with Crippen LogP contribution in [0.2, 0.25) is 0 Å². The highest BCUT2D eigenvalue weighted by Gasteiger charge is 2.32. The first-order valence-corrected chi connectivity index (χ1v) is 10.7. The molecule has 0 aromatic heterocycles. The molecule has 156 valence electrons. The van der Waals surface area contributed by atoms with Gasteiger partial charge in [-0.25, -0.2) is 8.42 Å². The molecule has 0 atom stereocenters. The van der Waals surface area contributed by atoms with Gasteiger partial charge in [0.05, 0.1) is 4.90 Å². The summed E-state index contributed by atoms with van der Waals surface area (Å²) < 4.78 is 67.8. The number of amides is 1. The Hall–Kier alpha value is -2.11. The molecule has 0 saturated carbocycles. The summed E-state index contributed by atoms with van der Waals surface area (Å²) in [5, 5.41) is 0. The minimum Gasteiger partial charge on any atom is -0.406 e. The van der Waals surface area contributed by atoms with Crippen molar-refractivity contribution < 1.29 is 31.1 Å². The Morgan fingerprint density at radius 2 is 1.62 bits per heavy atom. The minimum atomic E-state index is -4.80. The van der Waals surface area contributed by atoms with Crippen LogP contribution in [0.25, 0.3) is 0 Å². The number of hydrogen-bond donors (Lipinski definition) is 0. The van der Waals surface area contributed by atoms with Crippen molar-refractivity contribution in [3.63, 3.8) is 0 Å². The molecule has 1 fully saturated rings. The molecule has 2 aromatic rings. The van der Waals surface area contributed by atoms with Gasteiger partial charge in [-0.2, -0.15) is 4.31 Å².